The summed E-state index contributed by atoms with van der Waals surface area (Å²) in [6, 6.07) is 10.0. The standard InChI is InChI=1S/C20H28N2O3/c1-19(2,3)25-18(24)22-14-8-12-20(22)11-7-13-21(17(20)23)15-16-9-5-4-6-10-16/h4-6,9-10H,7-8,11-15H2,1-3H3/t20-/m1/s1. The Hall–Kier alpha value is -2.04. The number of rotatable bonds is 2. The fraction of sp³-hybridized carbons (Fsp3) is 0.600. The molecule has 5 heteroatoms. The largest absolute Gasteiger partial charge is 0.444 e. The molecule has 2 fully saturated rings. The highest BCUT2D eigenvalue weighted by atomic mass is 16.6. The monoisotopic (exact) mass is 344 g/mol. The van der Waals surface area contributed by atoms with E-state index in [0.29, 0.717) is 13.1 Å². The number of amides is 2. The van der Waals surface area contributed by atoms with Crippen LogP contribution in [0.4, 0.5) is 4.79 Å². The van der Waals surface area contributed by atoms with Crippen molar-refractivity contribution in [2.45, 2.75) is 64.1 Å². The van der Waals surface area contributed by atoms with E-state index < -0.39 is 11.1 Å². The van der Waals surface area contributed by atoms with Gasteiger partial charge in [0.15, 0.2) is 0 Å². The zero-order chi connectivity index (χ0) is 18.1. The summed E-state index contributed by atoms with van der Waals surface area (Å²) in [5, 5.41) is 0. The maximum atomic E-state index is 13.3. The minimum absolute atomic E-state index is 0.0750. The Kier molecular flexibility index (Phi) is 4.76. The summed E-state index contributed by atoms with van der Waals surface area (Å²) >= 11 is 0. The normalized spacial score (nSPS) is 24.0. The second kappa shape index (κ2) is 6.70. The van der Waals surface area contributed by atoms with Crippen LogP contribution in [0, 0.1) is 0 Å². The molecule has 1 spiro atoms. The number of nitrogens with zero attached hydrogens (tertiary/aromatic N) is 2. The van der Waals surface area contributed by atoms with Gasteiger partial charge in [-0.3, -0.25) is 9.69 Å². The Morgan fingerprint density at radius 2 is 1.76 bits per heavy atom. The van der Waals surface area contributed by atoms with Crippen molar-refractivity contribution in [3.63, 3.8) is 0 Å². The molecule has 5 nitrogen and oxygen atoms in total. The van der Waals surface area contributed by atoms with Gasteiger partial charge in [-0.15, -0.1) is 0 Å². The SMILES string of the molecule is CC(C)(C)OC(=O)N1CCC[C@@]12CCCN(Cc1ccccc1)C2=O. The average molecular weight is 344 g/mol. The summed E-state index contributed by atoms with van der Waals surface area (Å²) in [4.78, 5) is 29.6. The number of piperidine rings is 1. The highest BCUT2D eigenvalue weighted by Gasteiger charge is 2.53. The van der Waals surface area contributed by atoms with Crippen molar-refractivity contribution in [1.29, 1.82) is 0 Å². The predicted molar refractivity (Wildman–Crippen MR) is 96.0 cm³/mol. The Bertz CT molecular complexity index is 638. The van der Waals surface area contributed by atoms with Gasteiger partial charge < -0.3 is 9.64 Å². The van der Waals surface area contributed by atoms with Crippen molar-refractivity contribution in [3.05, 3.63) is 35.9 Å². The molecule has 1 atom stereocenters. The molecule has 0 unspecified atom stereocenters. The number of benzene rings is 1. The van der Waals surface area contributed by atoms with Crippen LogP contribution in [-0.2, 0) is 16.1 Å². The molecule has 3 rings (SSSR count). The highest BCUT2D eigenvalue weighted by molar-refractivity contribution is 5.91. The van der Waals surface area contributed by atoms with Gasteiger partial charge in [-0.1, -0.05) is 30.3 Å². The summed E-state index contributed by atoms with van der Waals surface area (Å²) < 4.78 is 5.57. The topological polar surface area (TPSA) is 49.9 Å². The summed E-state index contributed by atoms with van der Waals surface area (Å²) in [5.74, 6) is 0.0750. The van der Waals surface area contributed by atoms with Crippen LogP contribution in [0.5, 0.6) is 0 Å². The molecule has 1 aromatic rings. The van der Waals surface area contributed by atoms with Crippen LogP contribution in [0.2, 0.25) is 0 Å². The molecule has 0 saturated carbocycles. The van der Waals surface area contributed by atoms with Crippen molar-refractivity contribution in [1.82, 2.24) is 9.80 Å². The van der Waals surface area contributed by atoms with Gasteiger partial charge in [0.25, 0.3) is 0 Å². The van der Waals surface area contributed by atoms with E-state index in [1.807, 2.05) is 56.0 Å². The molecule has 0 radical (unpaired) electrons. The van der Waals surface area contributed by atoms with Crippen LogP contribution in [0.15, 0.2) is 30.3 Å². The third kappa shape index (κ3) is 3.65. The highest BCUT2D eigenvalue weighted by Crippen LogP contribution is 2.39. The van der Waals surface area contributed by atoms with Crippen LogP contribution in [0.25, 0.3) is 0 Å². The minimum Gasteiger partial charge on any atom is -0.444 e. The fourth-order valence-corrected chi connectivity index (χ4v) is 3.96. The Balaban J connectivity index is 1.79. The predicted octanol–water partition coefficient (Wildman–Crippen LogP) is 3.58. The smallest absolute Gasteiger partial charge is 0.411 e. The molecule has 25 heavy (non-hydrogen) atoms. The van der Waals surface area contributed by atoms with E-state index in [2.05, 4.69) is 0 Å². The summed E-state index contributed by atoms with van der Waals surface area (Å²) in [7, 11) is 0. The second-order valence-corrected chi connectivity index (χ2v) is 8.08. The van der Waals surface area contributed by atoms with Crippen LogP contribution in [0.1, 0.15) is 52.0 Å². The van der Waals surface area contributed by atoms with E-state index in [1.54, 1.807) is 4.90 Å². The van der Waals surface area contributed by atoms with Crippen LogP contribution in [0.3, 0.4) is 0 Å². The third-order valence-corrected chi connectivity index (χ3v) is 5.02. The van der Waals surface area contributed by atoms with Gasteiger partial charge in [0.1, 0.15) is 11.1 Å². The van der Waals surface area contributed by atoms with Gasteiger partial charge in [-0.2, -0.15) is 0 Å². The first kappa shape index (κ1) is 17.8. The molecule has 2 aliphatic rings. The molecule has 0 aliphatic carbocycles. The Morgan fingerprint density at radius 3 is 2.40 bits per heavy atom. The quantitative estimate of drug-likeness (QED) is 0.824. The maximum Gasteiger partial charge on any atom is 0.411 e. The average Bonchev–Trinajstić information content (AvgIpc) is 2.96. The van der Waals surface area contributed by atoms with E-state index in [9.17, 15) is 9.59 Å². The van der Waals surface area contributed by atoms with Gasteiger partial charge in [-0.05, 0) is 52.0 Å². The molecular formula is C20H28N2O3. The first-order chi connectivity index (χ1) is 11.8. The molecule has 2 aliphatic heterocycles. The first-order valence-corrected chi connectivity index (χ1v) is 9.16. The van der Waals surface area contributed by atoms with Crippen LogP contribution < -0.4 is 0 Å². The van der Waals surface area contributed by atoms with Gasteiger partial charge in [0.05, 0.1) is 0 Å². The van der Waals surface area contributed by atoms with E-state index in [4.69, 9.17) is 4.74 Å². The minimum atomic E-state index is -0.713. The van der Waals surface area contributed by atoms with Gasteiger partial charge >= 0.3 is 6.09 Å². The van der Waals surface area contributed by atoms with Crippen molar-refractivity contribution >= 4 is 12.0 Å². The van der Waals surface area contributed by atoms with Crippen molar-refractivity contribution in [2.24, 2.45) is 0 Å². The van der Waals surface area contributed by atoms with Crippen molar-refractivity contribution < 1.29 is 14.3 Å². The fourth-order valence-electron chi connectivity index (χ4n) is 3.96. The van der Waals surface area contributed by atoms with E-state index in [0.717, 1.165) is 37.8 Å². The van der Waals surface area contributed by atoms with Gasteiger partial charge in [0, 0.05) is 19.6 Å². The lowest BCUT2D eigenvalue weighted by Crippen LogP contribution is -2.61. The zero-order valence-electron chi connectivity index (χ0n) is 15.5. The van der Waals surface area contributed by atoms with E-state index in [1.165, 1.54) is 0 Å². The maximum absolute atomic E-state index is 13.3. The summed E-state index contributed by atoms with van der Waals surface area (Å²) in [6.07, 6.45) is 2.87. The molecule has 2 amide bonds. The van der Waals surface area contributed by atoms with Crippen molar-refractivity contribution in [2.75, 3.05) is 13.1 Å². The van der Waals surface area contributed by atoms with Crippen LogP contribution >= 0.6 is 0 Å². The van der Waals surface area contributed by atoms with Crippen molar-refractivity contribution in [3.8, 4) is 0 Å². The number of hydrogen-bond donors (Lipinski definition) is 0. The molecule has 2 heterocycles. The molecule has 2 saturated heterocycles. The molecule has 1 aromatic carbocycles. The van der Waals surface area contributed by atoms with Gasteiger partial charge in [0.2, 0.25) is 5.91 Å². The van der Waals surface area contributed by atoms with E-state index in [-0.39, 0.29) is 12.0 Å². The molecule has 0 aromatic heterocycles. The molecular weight excluding hydrogens is 316 g/mol. The first-order valence-electron chi connectivity index (χ1n) is 9.16. The summed E-state index contributed by atoms with van der Waals surface area (Å²) in [6.45, 7) is 7.52. The Labute approximate surface area is 149 Å². The third-order valence-electron chi connectivity index (χ3n) is 5.02. The molecule has 0 bridgehead atoms. The zero-order valence-corrected chi connectivity index (χ0v) is 15.5. The van der Waals surface area contributed by atoms with E-state index >= 15 is 0 Å². The number of carbonyl (C=O) groups excluding carboxylic acids is 2. The van der Waals surface area contributed by atoms with Crippen LogP contribution in [-0.4, -0.2) is 46.0 Å². The lowest BCUT2D eigenvalue weighted by molar-refractivity contribution is -0.147. The number of ether oxygens (including phenoxy) is 1. The summed E-state index contributed by atoms with van der Waals surface area (Å²) in [5.41, 5.74) is -0.146. The second-order valence-electron chi connectivity index (χ2n) is 8.08. The lowest BCUT2D eigenvalue weighted by Gasteiger charge is -2.44. The molecule has 136 valence electrons. The Morgan fingerprint density at radius 1 is 1.12 bits per heavy atom. The lowest BCUT2D eigenvalue weighted by atomic mass is 9.85. The number of likely N-dealkylation sites (tertiary alicyclic amines) is 2. The van der Waals surface area contributed by atoms with Gasteiger partial charge in [-0.25, -0.2) is 4.79 Å². The molecule has 0 N–H and O–H groups in total. The number of carbonyl (C=O) groups is 2. The number of hydrogen-bond acceptors (Lipinski definition) is 3.